The summed E-state index contributed by atoms with van der Waals surface area (Å²) in [6.45, 7) is 3.99. The van der Waals surface area contributed by atoms with Crippen LogP contribution in [0.3, 0.4) is 0 Å². The zero-order valence-corrected chi connectivity index (χ0v) is 5.55. The van der Waals surface area contributed by atoms with Crippen LogP contribution in [0.1, 0.15) is 6.92 Å². The molecule has 52 valence electrons. The molecule has 0 aromatic carbocycles. The lowest BCUT2D eigenvalue weighted by Crippen LogP contribution is -2.38. The van der Waals surface area contributed by atoms with E-state index in [1.807, 2.05) is 13.0 Å². The minimum Gasteiger partial charge on any atom is -0.758 e. The Bertz CT molecular complexity index is 122. The zero-order chi connectivity index (χ0) is 6.69. The van der Waals surface area contributed by atoms with Crippen LogP contribution in [0.4, 0.5) is 0 Å². The van der Waals surface area contributed by atoms with Gasteiger partial charge < -0.3 is 15.6 Å². The second kappa shape index (κ2) is 2.85. The molecule has 1 saturated heterocycles. The predicted molar refractivity (Wildman–Crippen MR) is 36.7 cm³/mol. The molecule has 3 heteroatoms. The lowest BCUT2D eigenvalue weighted by molar-refractivity contribution is 0.393. The molecule has 0 bridgehead atoms. The number of piperazine rings is 1. The van der Waals surface area contributed by atoms with Crippen molar-refractivity contribution in [2.75, 3.05) is 19.6 Å². The molecule has 1 aliphatic rings. The molecule has 0 radical (unpaired) electrons. The fourth-order valence-electron chi connectivity index (χ4n) is 0.875. The first-order valence-corrected chi connectivity index (χ1v) is 3.15. The SMILES string of the molecule is CC=C1CNCCN1[O-]. The second-order valence-electron chi connectivity index (χ2n) is 2.06. The van der Waals surface area contributed by atoms with E-state index in [1.54, 1.807) is 0 Å². The summed E-state index contributed by atoms with van der Waals surface area (Å²) in [6, 6.07) is 0. The maximum atomic E-state index is 10.8. The fourth-order valence-corrected chi connectivity index (χ4v) is 0.875. The Morgan fingerprint density at radius 1 is 1.78 bits per heavy atom. The van der Waals surface area contributed by atoms with Gasteiger partial charge in [0.25, 0.3) is 0 Å². The summed E-state index contributed by atoms with van der Waals surface area (Å²) in [5.41, 5.74) is 0.848. The number of hydrogen-bond acceptors (Lipinski definition) is 3. The van der Waals surface area contributed by atoms with Gasteiger partial charge in [-0.2, -0.15) is 0 Å². The number of nitrogens with zero attached hydrogens (tertiary/aromatic N) is 1. The second-order valence-corrected chi connectivity index (χ2v) is 2.06. The van der Waals surface area contributed by atoms with Crippen LogP contribution in [0, 0.1) is 5.21 Å². The van der Waals surface area contributed by atoms with Gasteiger partial charge in [-0.05, 0) is 6.92 Å². The molecule has 0 saturated carbocycles. The zero-order valence-electron chi connectivity index (χ0n) is 5.55. The van der Waals surface area contributed by atoms with Crippen molar-refractivity contribution in [3.63, 3.8) is 0 Å². The molecule has 3 nitrogen and oxygen atoms in total. The van der Waals surface area contributed by atoms with Gasteiger partial charge in [0.2, 0.25) is 0 Å². The molecule has 0 unspecified atom stereocenters. The Morgan fingerprint density at radius 3 is 3.00 bits per heavy atom. The highest BCUT2D eigenvalue weighted by Gasteiger charge is 2.02. The molecule has 0 amide bonds. The summed E-state index contributed by atoms with van der Waals surface area (Å²) in [5, 5.41) is 15.0. The summed E-state index contributed by atoms with van der Waals surface area (Å²) in [7, 11) is 0. The smallest absolute Gasteiger partial charge is 0.0345 e. The topological polar surface area (TPSA) is 38.3 Å². The van der Waals surface area contributed by atoms with E-state index < -0.39 is 0 Å². The Labute approximate surface area is 54.9 Å². The molecule has 0 atom stereocenters. The van der Waals surface area contributed by atoms with E-state index in [2.05, 4.69) is 5.32 Å². The standard InChI is InChI=1S/C6H11N2O/c1-2-6-5-7-3-4-8(6)9/h2,7H,3-5H2,1H3/q-1. The summed E-state index contributed by atoms with van der Waals surface area (Å²) in [4.78, 5) is 0. The highest BCUT2D eigenvalue weighted by atomic mass is 16.5. The molecule has 1 aliphatic heterocycles. The quantitative estimate of drug-likeness (QED) is 0.508. The van der Waals surface area contributed by atoms with Gasteiger partial charge in [-0.3, -0.25) is 0 Å². The van der Waals surface area contributed by atoms with Crippen molar-refractivity contribution in [1.29, 1.82) is 0 Å². The predicted octanol–water partition coefficient (Wildman–Crippen LogP) is 0.293. The van der Waals surface area contributed by atoms with Crippen molar-refractivity contribution >= 4 is 0 Å². The summed E-state index contributed by atoms with van der Waals surface area (Å²) in [5.74, 6) is 0. The van der Waals surface area contributed by atoms with Gasteiger partial charge in [0.1, 0.15) is 0 Å². The summed E-state index contributed by atoms with van der Waals surface area (Å²) >= 11 is 0. The normalized spacial score (nSPS) is 25.1. The first kappa shape index (κ1) is 6.58. The maximum Gasteiger partial charge on any atom is 0.0345 e. The van der Waals surface area contributed by atoms with Crippen LogP contribution < -0.4 is 5.32 Å². The van der Waals surface area contributed by atoms with Crippen LogP contribution in [-0.4, -0.2) is 24.7 Å². The van der Waals surface area contributed by atoms with Crippen molar-refractivity contribution in [1.82, 2.24) is 10.4 Å². The monoisotopic (exact) mass is 127 g/mol. The summed E-state index contributed by atoms with van der Waals surface area (Å²) < 4.78 is 0. The largest absolute Gasteiger partial charge is 0.758 e. The molecule has 0 aromatic rings. The third kappa shape index (κ3) is 1.43. The van der Waals surface area contributed by atoms with E-state index in [4.69, 9.17) is 0 Å². The van der Waals surface area contributed by atoms with Gasteiger partial charge in [-0.25, -0.2) is 0 Å². The molecule has 1 rings (SSSR count). The van der Waals surface area contributed by atoms with Gasteiger partial charge in [0, 0.05) is 25.3 Å². The number of allylic oxidation sites excluding steroid dienone is 1. The first-order valence-electron chi connectivity index (χ1n) is 3.15. The third-order valence-corrected chi connectivity index (χ3v) is 1.45. The van der Waals surface area contributed by atoms with Gasteiger partial charge in [0.15, 0.2) is 0 Å². The van der Waals surface area contributed by atoms with Crippen molar-refractivity contribution < 1.29 is 0 Å². The summed E-state index contributed by atoms with van der Waals surface area (Å²) in [6.07, 6.45) is 1.85. The van der Waals surface area contributed by atoms with Crippen molar-refractivity contribution in [2.45, 2.75) is 6.92 Å². The van der Waals surface area contributed by atoms with E-state index in [-0.39, 0.29) is 0 Å². The highest BCUT2D eigenvalue weighted by molar-refractivity contribution is 5.04. The fraction of sp³-hybridized carbons (Fsp3) is 0.667. The molecule has 1 N–H and O–H groups in total. The maximum absolute atomic E-state index is 10.8. The minimum atomic E-state index is 0.583. The molecule has 0 aliphatic carbocycles. The van der Waals surface area contributed by atoms with Gasteiger partial charge in [0.05, 0.1) is 0 Å². The Balaban J connectivity index is 2.49. The number of rotatable bonds is 0. The molecule has 0 aromatic heterocycles. The molecule has 1 heterocycles. The van der Waals surface area contributed by atoms with Crippen LogP contribution in [0.5, 0.6) is 0 Å². The van der Waals surface area contributed by atoms with Crippen LogP contribution in [0.2, 0.25) is 0 Å². The molecular weight excluding hydrogens is 116 g/mol. The Hall–Kier alpha value is -0.540. The molecule has 0 spiro atoms. The third-order valence-electron chi connectivity index (χ3n) is 1.45. The Kier molecular flexibility index (Phi) is 2.08. The lowest BCUT2D eigenvalue weighted by atomic mass is 10.3. The highest BCUT2D eigenvalue weighted by Crippen LogP contribution is 2.02. The number of nitrogens with one attached hydrogen (secondary N) is 1. The van der Waals surface area contributed by atoms with Crippen LogP contribution in [0.15, 0.2) is 11.8 Å². The van der Waals surface area contributed by atoms with E-state index in [0.29, 0.717) is 6.54 Å². The van der Waals surface area contributed by atoms with E-state index in [0.717, 1.165) is 23.8 Å². The molecular formula is C6H11N2O-. The van der Waals surface area contributed by atoms with Crippen molar-refractivity contribution in [3.8, 4) is 0 Å². The minimum absolute atomic E-state index is 0.583. The van der Waals surface area contributed by atoms with Crippen LogP contribution in [-0.2, 0) is 0 Å². The van der Waals surface area contributed by atoms with Gasteiger partial charge in [-0.1, -0.05) is 6.08 Å². The van der Waals surface area contributed by atoms with E-state index >= 15 is 0 Å². The van der Waals surface area contributed by atoms with E-state index in [1.165, 1.54) is 0 Å². The number of hydrogen-bond donors (Lipinski definition) is 1. The first-order chi connectivity index (χ1) is 4.34. The van der Waals surface area contributed by atoms with E-state index in [9.17, 15) is 5.21 Å². The van der Waals surface area contributed by atoms with Crippen LogP contribution in [0.25, 0.3) is 0 Å². The molecule has 1 fully saturated rings. The van der Waals surface area contributed by atoms with Crippen molar-refractivity contribution in [3.05, 3.63) is 17.0 Å². The lowest BCUT2D eigenvalue weighted by Gasteiger charge is -2.37. The molecule has 9 heavy (non-hydrogen) atoms. The average molecular weight is 127 g/mol. The van der Waals surface area contributed by atoms with Gasteiger partial charge in [-0.15, -0.1) is 0 Å². The number of hydroxylamine groups is 2. The van der Waals surface area contributed by atoms with Gasteiger partial charge >= 0.3 is 0 Å². The van der Waals surface area contributed by atoms with Crippen LogP contribution >= 0.6 is 0 Å². The Morgan fingerprint density at radius 2 is 2.56 bits per heavy atom. The average Bonchev–Trinajstić information content (AvgIpc) is 1.89. The van der Waals surface area contributed by atoms with Crippen molar-refractivity contribution in [2.24, 2.45) is 0 Å².